The molecule has 2 fully saturated rings. The Kier molecular flexibility index (Phi) is 4.73. The Morgan fingerprint density at radius 3 is 2.41 bits per heavy atom. The average Bonchev–Trinajstić information content (AvgIpc) is 3.32. The number of hydrogen-bond acceptors (Lipinski definition) is 6. The number of sulfonamides is 1. The summed E-state index contributed by atoms with van der Waals surface area (Å²) in [4.78, 5) is 27.4. The molecule has 1 saturated heterocycles. The number of anilines is 2. The Morgan fingerprint density at radius 2 is 1.83 bits per heavy atom. The Hall–Kier alpha value is -3.01. The van der Waals surface area contributed by atoms with Gasteiger partial charge in [0.15, 0.2) is 5.69 Å². The van der Waals surface area contributed by atoms with Crippen molar-refractivity contribution in [3.8, 4) is 0 Å². The summed E-state index contributed by atoms with van der Waals surface area (Å²) in [7, 11) is -3.37. The highest BCUT2D eigenvalue weighted by Gasteiger charge is 2.55. The largest absolute Gasteiger partial charge is 0.325 e. The van der Waals surface area contributed by atoms with Crippen LogP contribution >= 0.6 is 0 Å². The minimum absolute atomic E-state index is 0.0309. The summed E-state index contributed by atoms with van der Waals surface area (Å²) < 4.78 is 25.0. The molecule has 1 aliphatic heterocycles. The third kappa shape index (κ3) is 4.37. The fourth-order valence-electron chi connectivity index (χ4n) is 3.67. The fraction of sp³-hybridized carbons (Fsp3) is 0.368. The molecule has 2 amide bonds. The second-order valence-corrected chi connectivity index (χ2v) is 9.45. The smallest absolute Gasteiger partial charge is 0.275 e. The minimum atomic E-state index is -3.37. The van der Waals surface area contributed by atoms with Gasteiger partial charge in [-0.25, -0.2) is 8.42 Å². The Bertz CT molecular complexity index is 1040. The molecule has 2 aliphatic rings. The van der Waals surface area contributed by atoms with E-state index in [2.05, 4.69) is 20.2 Å². The second kappa shape index (κ2) is 7.11. The molecule has 1 atom stereocenters. The average molecular weight is 415 g/mol. The van der Waals surface area contributed by atoms with Crippen LogP contribution in [0.5, 0.6) is 0 Å². The first-order chi connectivity index (χ1) is 13.7. The molecule has 2 aromatic rings. The van der Waals surface area contributed by atoms with Crippen LogP contribution in [0.2, 0.25) is 0 Å². The Balaban J connectivity index is 1.48. The van der Waals surface area contributed by atoms with Gasteiger partial charge < -0.3 is 10.2 Å². The maximum atomic E-state index is 12.9. The summed E-state index contributed by atoms with van der Waals surface area (Å²) in [6.07, 6.45) is 5.20. The molecule has 0 radical (unpaired) electrons. The number of carbonyl (C=O) groups is 2. The minimum Gasteiger partial charge on any atom is -0.325 e. The summed E-state index contributed by atoms with van der Waals surface area (Å²) >= 11 is 0. The van der Waals surface area contributed by atoms with Crippen LogP contribution in [-0.4, -0.2) is 54.2 Å². The molecular weight excluding hydrogens is 394 g/mol. The van der Waals surface area contributed by atoms with Crippen molar-refractivity contribution in [1.29, 1.82) is 0 Å². The van der Waals surface area contributed by atoms with Crippen molar-refractivity contribution in [3.63, 3.8) is 0 Å². The van der Waals surface area contributed by atoms with Gasteiger partial charge in [-0.2, -0.15) is 5.10 Å². The molecule has 4 rings (SSSR count). The predicted octanol–water partition coefficient (Wildman–Crippen LogP) is 1.48. The highest BCUT2D eigenvalue weighted by Crippen LogP contribution is 2.55. The number of nitrogens with zero attached hydrogens (tertiary/aromatic N) is 3. The van der Waals surface area contributed by atoms with E-state index in [1.165, 1.54) is 6.20 Å². The number of benzene rings is 1. The fourth-order valence-corrected chi connectivity index (χ4v) is 4.23. The van der Waals surface area contributed by atoms with Crippen molar-refractivity contribution in [1.82, 2.24) is 15.1 Å². The highest BCUT2D eigenvalue weighted by molar-refractivity contribution is 7.92. The summed E-state index contributed by atoms with van der Waals surface area (Å²) in [6, 6.07) is 9.01. The van der Waals surface area contributed by atoms with E-state index < -0.39 is 16.1 Å². The number of carbonyl (C=O) groups excluding carboxylic acids is 2. The molecule has 9 nitrogen and oxygen atoms in total. The number of likely N-dealkylation sites (tertiary alicyclic amines) is 1. The van der Waals surface area contributed by atoms with E-state index >= 15 is 0 Å². The van der Waals surface area contributed by atoms with Gasteiger partial charge in [-0.15, -0.1) is 5.10 Å². The molecule has 1 aliphatic carbocycles. The molecule has 1 aromatic heterocycles. The quantitative estimate of drug-likeness (QED) is 0.763. The highest BCUT2D eigenvalue weighted by atomic mass is 32.2. The normalized spacial score (nSPS) is 19.8. The zero-order chi connectivity index (χ0) is 20.6. The van der Waals surface area contributed by atoms with Crippen LogP contribution in [0.25, 0.3) is 0 Å². The van der Waals surface area contributed by atoms with Gasteiger partial charge in [-0.1, -0.05) is 0 Å². The van der Waals surface area contributed by atoms with Crippen LogP contribution in [0.3, 0.4) is 0 Å². The van der Waals surface area contributed by atoms with Crippen LogP contribution in [0.1, 0.15) is 29.8 Å². The van der Waals surface area contributed by atoms with Gasteiger partial charge in [0.25, 0.3) is 5.91 Å². The van der Waals surface area contributed by atoms with Crippen LogP contribution in [0.4, 0.5) is 11.4 Å². The Morgan fingerprint density at radius 1 is 1.14 bits per heavy atom. The summed E-state index contributed by atoms with van der Waals surface area (Å²) in [6.45, 7) is 0.539. The maximum Gasteiger partial charge on any atom is 0.275 e. The number of aromatic nitrogens is 2. The molecule has 2 heterocycles. The van der Waals surface area contributed by atoms with Gasteiger partial charge in [-0.3, -0.25) is 14.3 Å². The Labute approximate surface area is 168 Å². The molecule has 1 saturated carbocycles. The summed E-state index contributed by atoms with van der Waals surface area (Å²) in [5.74, 6) is -0.565. The molecule has 1 spiro atoms. The summed E-state index contributed by atoms with van der Waals surface area (Å²) in [5, 5.41) is 10.5. The van der Waals surface area contributed by atoms with Crippen LogP contribution in [-0.2, 0) is 14.8 Å². The zero-order valence-corrected chi connectivity index (χ0v) is 16.6. The van der Waals surface area contributed by atoms with Crippen molar-refractivity contribution in [2.24, 2.45) is 5.41 Å². The van der Waals surface area contributed by atoms with E-state index in [-0.39, 0.29) is 22.9 Å². The SMILES string of the molecule is CS(=O)(=O)Nc1ccc(NC(=O)[C@H]2CC3(CC3)CN2C(=O)c2cccnn2)cc1. The predicted molar refractivity (Wildman–Crippen MR) is 107 cm³/mol. The van der Waals surface area contributed by atoms with Gasteiger partial charge in [0.1, 0.15) is 6.04 Å². The van der Waals surface area contributed by atoms with Gasteiger partial charge in [0.05, 0.1) is 6.26 Å². The first kappa shape index (κ1) is 19.3. The number of amides is 2. The lowest BCUT2D eigenvalue weighted by Crippen LogP contribution is -2.43. The molecule has 0 unspecified atom stereocenters. The topological polar surface area (TPSA) is 121 Å². The molecule has 29 heavy (non-hydrogen) atoms. The van der Waals surface area contributed by atoms with Gasteiger partial charge >= 0.3 is 0 Å². The van der Waals surface area contributed by atoms with E-state index in [9.17, 15) is 18.0 Å². The van der Waals surface area contributed by atoms with Crippen molar-refractivity contribution in [2.75, 3.05) is 22.8 Å². The monoisotopic (exact) mass is 415 g/mol. The van der Waals surface area contributed by atoms with Crippen LogP contribution < -0.4 is 10.0 Å². The van der Waals surface area contributed by atoms with Gasteiger partial charge in [-0.05, 0) is 61.1 Å². The molecule has 10 heteroatoms. The van der Waals surface area contributed by atoms with Crippen molar-refractivity contribution in [3.05, 3.63) is 48.3 Å². The molecular formula is C19H21N5O4S. The molecule has 1 aromatic carbocycles. The third-order valence-electron chi connectivity index (χ3n) is 5.28. The van der Waals surface area contributed by atoms with Crippen LogP contribution in [0, 0.1) is 5.41 Å². The van der Waals surface area contributed by atoms with Gasteiger partial charge in [0, 0.05) is 24.1 Å². The van der Waals surface area contributed by atoms with Crippen molar-refractivity contribution >= 4 is 33.2 Å². The third-order valence-corrected chi connectivity index (χ3v) is 5.88. The van der Waals surface area contributed by atoms with E-state index in [1.807, 2.05) is 0 Å². The standard InChI is InChI=1S/C19H21N5O4S/c1-29(27,28)23-14-6-4-13(5-7-14)21-17(25)16-11-19(8-9-19)12-24(16)18(26)15-3-2-10-20-22-15/h2-7,10,16,23H,8-9,11-12H2,1H3,(H,21,25)/t16-/m1/s1. The summed E-state index contributed by atoms with van der Waals surface area (Å²) in [5.41, 5.74) is 1.18. The maximum absolute atomic E-state index is 12.9. The van der Waals surface area contributed by atoms with E-state index in [4.69, 9.17) is 0 Å². The number of rotatable bonds is 5. The first-order valence-corrected chi connectivity index (χ1v) is 11.1. The molecule has 152 valence electrons. The first-order valence-electron chi connectivity index (χ1n) is 9.22. The zero-order valence-electron chi connectivity index (χ0n) is 15.8. The van der Waals surface area contributed by atoms with Crippen molar-refractivity contribution in [2.45, 2.75) is 25.3 Å². The molecule has 2 N–H and O–H groups in total. The lowest BCUT2D eigenvalue weighted by atomic mass is 10.0. The lowest BCUT2D eigenvalue weighted by Gasteiger charge is -2.23. The van der Waals surface area contributed by atoms with E-state index in [0.29, 0.717) is 24.3 Å². The van der Waals surface area contributed by atoms with E-state index in [1.54, 1.807) is 41.3 Å². The van der Waals surface area contributed by atoms with Crippen molar-refractivity contribution < 1.29 is 18.0 Å². The number of nitrogens with one attached hydrogen (secondary N) is 2. The number of hydrogen-bond donors (Lipinski definition) is 2. The van der Waals surface area contributed by atoms with Crippen LogP contribution in [0.15, 0.2) is 42.6 Å². The lowest BCUT2D eigenvalue weighted by molar-refractivity contribution is -0.119. The molecule has 0 bridgehead atoms. The second-order valence-electron chi connectivity index (χ2n) is 7.70. The van der Waals surface area contributed by atoms with Gasteiger partial charge in [0.2, 0.25) is 15.9 Å². The van der Waals surface area contributed by atoms with E-state index in [0.717, 1.165) is 19.1 Å².